The molecule has 2 N–H and O–H groups in total. The molecule has 0 aliphatic heterocycles. The predicted molar refractivity (Wildman–Crippen MR) is 92.3 cm³/mol. The standard InChI is InChI=1S/C20H25FN2O2/c21-14-5-1-3-12(9-14)17-11-18(17)20(25)23-16-6-2-4-13(10-16)19(24)22-15-7-8-15/h1,3,5,9,13,15-18H,2,4,6-8,10-11H2,(H,22,24)(H,23,25)/t13-,16+,17-,18-/m1/s1. The van der Waals surface area contributed by atoms with E-state index in [-0.39, 0.29) is 41.4 Å². The predicted octanol–water partition coefficient (Wildman–Crippen LogP) is 2.88. The molecule has 1 aromatic carbocycles. The lowest BCUT2D eigenvalue weighted by molar-refractivity contribution is -0.128. The Labute approximate surface area is 147 Å². The fourth-order valence-corrected chi connectivity index (χ4v) is 4.00. The summed E-state index contributed by atoms with van der Waals surface area (Å²) < 4.78 is 13.3. The molecule has 0 saturated heterocycles. The summed E-state index contributed by atoms with van der Waals surface area (Å²) in [6.45, 7) is 0. The van der Waals surface area contributed by atoms with Gasteiger partial charge in [0.15, 0.2) is 0 Å². The van der Waals surface area contributed by atoms with Crippen LogP contribution in [0.2, 0.25) is 0 Å². The van der Waals surface area contributed by atoms with Crippen LogP contribution in [0.1, 0.15) is 56.4 Å². The zero-order chi connectivity index (χ0) is 17.4. The molecule has 1 aromatic rings. The number of nitrogens with one attached hydrogen (secondary N) is 2. The largest absolute Gasteiger partial charge is 0.353 e. The Morgan fingerprint density at radius 2 is 1.76 bits per heavy atom. The van der Waals surface area contributed by atoms with Crippen LogP contribution in [0.15, 0.2) is 24.3 Å². The Morgan fingerprint density at radius 1 is 0.960 bits per heavy atom. The first kappa shape index (κ1) is 16.6. The Bertz CT molecular complexity index is 673. The third kappa shape index (κ3) is 4.02. The minimum Gasteiger partial charge on any atom is -0.353 e. The van der Waals surface area contributed by atoms with E-state index < -0.39 is 0 Å². The van der Waals surface area contributed by atoms with Crippen molar-refractivity contribution < 1.29 is 14.0 Å². The Kier molecular flexibility index (Phi) is 4.48. The van der Waals surface area contributed by atoms with Crippen LogP contribution in [-0.4, -0.2) is 23.9 Å². The third-order valence-electron chi connectivity index (χ3n) is 5.72. The van der Waals surface area contributed by atoms with E-state index in [0.29, 0.717) is 6.04 Å². The van der Waals surface area contributed by atoms with Crippen LogP contribution >= 0.6 is 0 Å². The highest BCUT2D eigenvalue weighted by Gasteiger charge is 2.44. The highest BCUT2D eigenvalue weighted by molar-refractivity contribution is 5.83. The number of amides is 2. The third-order valence-corrected chi connectivity index (χ3v) is 5.72. The van der Waals surface area contributed by atoms with Gasteiger partial charge >= 0.3 is 0 Å². The maximum atomic E-state index is 13.3. The van der Waals surface area contributed by atoms with Gasteiger partial charge in [0.05, 0.1) is 0 Å². The molecule has 2 amide bonds. The summed E-state index contributed by atoms with van der Waals surface area (Å²) in [5.74, 6) is 0.0713. The second kappa shape index (κ2) is 6.77. The van der Waals surface area contributed by atoms with E-state index in [1.54, 1.807) is 6.07 Å². The average molecular weight is 344 g/mol. The van der Waals surface area contributed by atoms with Gasteiger partial charge in [0, 0.05) is 23.9 Å². The van der Waals surface area contributed by atoms with Gasteiger partial charge in [-0.05, 0) is 62.1 Å². The SMILES string of the molecule is O=C(NC1CC1)[C@@H]1CCC[C@H](NC(=O)[C@@H]2C[C@@H]2c2cccc(F)c2)C1. The van der Waals surface area contributed by atoms with Gasteiger partial charge in [-0.25, -0.2) is 4.39 Å². The highest BCUT2D eigenvalue weighted by atomic mass is 19.1. The van der Waals surface area contributed by atoms with E-state index in [0.717, 1.165) is 50.5 Å². The van der Waals surface area contributed by atoms with Crippen molar-refractivity contribution in [3.63, 3.8) is 0 Å². The summed E-state index contributed by atoms with van der Waals surface area (Å²) in [6.07, 6.45) is 6.56. The summed E-state index contributed by atoms with van der Waals surface area (Å²) in [5, 5.41) is 6.22. The first-order valence-electron chi connectivity index (χ1n) is 9.46. The van der Waals surface area contributed by atoms with Crippen molar-refractivity contribution in [1.29, 1.82) is 0 Å². The summed E-state index contributed by atoms with van der Waals surface area (Å²) >= 11 is 0. The molecular weight excluding hydrogens is 319 g/mol. The molecule has 0 unspecified atom stereocenters. The number of carbonyl (C=O) groups excluding carboxylic acids is 2. The molecule has 3 aliphatic carbocycles. The van der Waals surface area contributed by atoms with E-state index in [1.165, 1.54) is 12.1 Å². The van der Waals surface area contributed by atoms with Crippen LogP contribution in [0.3, 0.4) is 0 Å². The Balaban J connectivity index is 1.28. The first-order valence-corrected chi connectivity index (χ1v) is 9.46. The van der Waals surface area contributed by atoms with Gasteiger partial charge in [-0.2, -0.15) is 0 Å². The van der Waals surface area contributed by atoms with Crippen LogP contribution in [0, 0.1) is 17.7 Å². The van der Waals surface area contributed by atoms with Crippen LogP contribution in [0.25, 0.3) is 0 Å². The molecule has 3 aliphatic rings. The van der Waals surface area contributed by atoms with Crippen molar-refractivity contribution in [2.24, 2.45) is 11.8 Å². The molecule has 25 heavy (non-hydrogen) atoms. The first-order chi connectivity index (χ1) is 12.1. The molecule has 3 saturated carbocycles. The second-order valence-corrected chi connectivity index (χ2v) is 7.86. The molecule has 4 atom stereocenters. The van der Waals surface area contributed by atoms with Crippen molar-refractivity contribution >= 4 is 11.8 Å². The molecule has 3 fully saturated rings. The van der Waals surface area contributed by atoms with Crippen LogP contribution in [-0.2, 0) is 9.59 Å². The molecule has 0 spiro atoms. The zero-order valence-electron chi connectivity index (χ0n) is 14.3. The van der Waals surface area contributed by atoms with Crippen molar-refractivity contribution in [2.45, 2.75) is 62.9 Å². The summed E-state index contributed by atoms with van der Waals surface area (Å²) in [4.78, 5) is 24.7. The maximum absolute atomic E-state index is 13.3. The Hall–Kier alpha value is -1.91. The minimum atomic E-state index is -0.250. The van der Waals surface area contributed by atoms with E-state index in [1.807, 2.05) is 6.07 Å². The van der Waals surface area contributed by atoms with Gasteiger partial charge in [-0.1, -0.05) is 18.6 Å². The van der Waals surface area contributed by atoms with Gasteiger partial charge in [0.2, 0.25) is 11.8 Å². The lowest BCUT2D eigenvalue weighted by atomic mass is 9.85. The van der Waals surface area contributed by atoms with Crippen molar-refractivity contribution in [3.8, 4) is 0 Å². The van der Waals surface area contributed by atoms with Crippen molar-refractivity contribution in [3.05, 3.63) is 35.6 Å². The van der Waals surface area contributed by atoms with Gasteiger partial charge in [-0.3, -0.25) is 9.59 Å². The molecule has 134 valence electrons. The zero-order valence-corrected chi connectivity index (χ0v) is 14.3. The summed E-state index contributed by atoms with van der Waals surface area (Å²) in [5.41, 5.74) is 0.908. The molecule has 5 heteroatoms. The lowest BCUT2D eigenvalue weighted by Crippen LogP contribution is -2.43. The normalized spacial score (nSPS) is 31.2. The quantitative estimate of drug-likeness (QED) is 0.863. The van der Waals surface area contributed by atoms with Crippen LogP contribution in [0.4, 0.5) is 4.39 Å². The molecule has 4 rings (SSSR count). The lowest BCUT2D eigenvalue weighted by Gasteiger charge is -2.29. The molecule has 0 aromatic heterocycles. The van der Waals surface area contributed by atoms with E-state index >= 15 is 0 Å². The molecular formula is C20H25FN2O2. The number of halogens is 1. The minimum absolute atomic E-state index is 0.0258. The number of hydrogen-bond donors (Lipinski definition) is 2. The van der Waals surface area contributed by atoms with Gasteiger partial charge in [0.25, 0.3) is 0 Å². The van der Waals surface area contributed by atoms with Crippen LogP contribution in [0.5, 0.6) is 0 Å². The number of hydrogen-bond acceptors (Lipinski definition) is 2. The fourth-order valence-electron chi connectivity index (χ4n) is 4.00. The average Bonchev–Trinajstić information content (AvgIpc) is 3.49. The fraction of sp³-hybridized carbons (Fsp3) is 0.600. The number of rotatable bonds is 5. The van der Waals surface area contributed by atoms with Crippen molar-refractivity contribution in [2.75, 3.05) is 0 Å². The topological polar surface area (TPSA) is 58.2 Å². The van der Waals surface area contributed by atoms with E-state index in [4.69, 9.17) is 0 Å². The van der Waals surface area contributed by atoms with Gasteiger partial charge < -0.3 is 10.6 Å². The monoisotopic (exact) mass is 344 g/mol. The van der Waals surface area contributed by atoms with E-state index in [2.05, 4.69) is 10.6 Å². The van der Waals surface area contributed by atoms with Gasteiger partial charge in [-0.15, -0.1) is 0 Å². The molecule has 0 bridgehead atoms. The Morgan fingerprint density at radius 3 is 2.52 bits per heavy atom. The highest BCUT2D eigenvalue weighted by Crippen LogP contribution is 2.47. The smallest absolute Gasteiger partial charge is 0.223 e. The number of carbonyl (C=O) groups is 2. The maximum Gasteiger partial charge on any atom is 0.223 e. The summed E-state index contributed by atoms with van der Waals surface area (Å²) in [6, 6.07) is 7.01. The number of benzene rings is 1. The van der Waals surface area contributed by atoms with E-state index in [9.17, 15) is 14.0 Å². The van der Waals surface area contributed by atoms with Crippen LogP contribution < -0.4 is 10.6 Å². The van der Waals surface area contributed by atoms with Gasteiger partial charge in [0.1, 0.15) is 5.82 Å². The summed E-state index contributed by atoms with van der Waals surface area (Å²) in [7, 11) is 0. The molecule has 0 radical (unpaired) electrons. The molecule has 4 nitrogen and oxygen atoms in total. The molecule has 0 heterocycles. The van der Waals surface area contributed by atoms with Crippen molar-refractivity contribution in [1.82, 2.24) is 10.6 Å². The second-order valence-electron chi connectivity index (χ2n) is 7.86.